The second kappa shape index (κ2) is 5.48. The number of H-pyrrole nitrogens is 1. The van der Waals surface area contributed by atoms with Gasteiger partial charge in [0.25, 0.3) is 0 Å². The highest BCUT2D eigenvalue weighted by molar-refractivity contribution is 5.56. The van der Waals surface area contributed by atoms with Gasteiger partial charge in [0.05, 0.1) is 11.7 Å². The van der Waals surface area contributed by atoms with Crippen LogP contribution in [0.5, 0.6) is 0 Å². The maximum absolute atomic E-state index is 9.26. The molecule has 6 heteroatoms. The first kappa shape index (κ1) is 13.0. The molecule has 19 heavy (non-hydrogen) atoms. The lowest BCUT2D eigenvalue weighted by Crippen LogP contribution is -2.15. The first-order chi connectivity index (χ1) is 9.17. The molecule has 98 valence electrons. The molecule has 0 aromatic carbocycles. The number of aromatic nitrogens is 4. The van der Waals surface area contributed by atoms with Crippen molar-refractivity contribution in [3.63, 3.8) is 0 Å². The lowest BCUT2D eigenvalue weighted by atomic mass is 10.1. The number of hydrogen-bond acceptors (Lipinski definition) is 5. The van der Waals surface area contributed by atoms with Crippen molar-refractivity contribution >= 4 is 5.82 Å². The Morgan fingerprint density at radius 1 is 1.42 bits per heavy atom. The number of aryl methyl sites for hydroxylation is 1. The SMILES string of the molecule is CCC(Nc1nnc(C)c(C)c1C#N)c1ncc[nH]1. The summed E-state index contributed by atoms with van der Waals surface area (Å²) in [6.07, 6.45) is 4.31. The minimum atomic E-state index is -0.0153. The number of anilines is 1. The van der Waals surface area contributed by atoms with Gasteiger partial charge in [0, 0.05) is 12.4 Å². The second-order valence-corrected chi connectivity index (χ2v) is 4.33. The predicted octanol–water partition coefficient (Wildman–Crippen LogP) is 2.25. The predicted molar refractivity (Wildman–Crippen MR) is 71.5 cm³/mol. The van der Waals surface area contributed by atoms with Gasteiger partial charge in [0.2, 0.25) is 0 Å². The molecule has 2 heterocycles. The first-order valence-electron chi connectivity index (χ1n) is 6.17. The van der Waals surface area contributed by atoms with E-state index in [9.17, 15) is 5.26 Å². The van der Waals surface area contributed by atoms with E-state index < -0.39 is 0 Å². The lowest BCUT2D eigenvalue weighted by molar-refractivity contribution is 0.696. The highest BCUT2D eigenvalue weighted by Gasteiger charge is 2.16. The fourth-order valence-electron chi connectivity index (χ4n) is 1.84. The summed E-state index contributed by atoms with van der Waals surface area (Å²) in [5.74, 6) is 1.33. The molecule has 6 nitrogen and oxygen atoms in total. The van der Waals surface area contributed by atoms with Gasteiger partial charge in [-0.25, -0.2) is 4.98 Å². The van der Waals surface area contributed by atoms with E-state index in [1.807, 2.05) is 20.8 Å². The number of nitrogens with zero attached hydrogens (tertiary/aromatic N) is 4. The maximum atomic E-state index is 9.26. The van der Waals surface area contributed by atoms with Gasteiger partial charge in [-0.05, 0) is 25.8 Å². The Morgan fingerprint density at radius 3 is 2.79 bits per heavy atom. The van der Waals surface area contributed by atoms with Crippen molar-refractivity contribution in [2.24, 2.45) is 0 Å². The topological polar surface area (TPSA) is 90.3 Å². The summed E-state index contributed by atoms with van der Waals surface area (Å²) in [6.45, 7) is 5.76. The van der Waals surface area contributed by atoms with Gasteiger partial charge in [-0.2, -0.15) is 10.4 Å². The second-order valence-electron chi connectivity index (χ2n) is 4.33. The highest BCUT2D eigenvalue weighted by atomic mass is 15.2. The van der Waals surface area contributed by atoms with Crippen LogP contribution in [0, 0.1) is 25.2 Å². The van der Waals surface area contributed by atoms with Crippen LogP contribution in [0.4, 0.5) is 5.82 Å². The summed E-state index contributed by atoms with van der Waals surface area (Å²) in [7, 11) is 0. The van der Waals surface area contributed by atoms with Gasteiger partial charge in [0.15, 0.2) is 5.82 Å². The Labute approximate surface area is 111 Å². The van der Waals surface area contributed by atoms with Gasteiger partial charge >= 0.3 is 0 Å². The summed E-state index contributed by atoms with van der Waals surface area (Å²) in [5, 5.41) is 20.6. The first-order valence-corrected chi connectivity index (χ1v) is 6.17. The van der Waals surface area contributed by atoms with E-state index in [4.69, 9.17) is 0 Å². The third kappa shape index (κ3) is 2.55. The largest absolute Gasteiger partial charge is 0.358 e. The summed E-state index contributed by atoms with van der Waals surface area (Å²) < 4.78 is 0. The molecule has 0 spiro atoms. The van der Waals surface area contributed by atoms with E-state index in [0.29, 0.717) is 11.4 Å². The number of hydrogen-bond donors (Lipinski definition) is 2. The highest BCUT2D eigenvalue weighted by Crippen LogP contribution is 2.23. The van der Waals surface area contributed by atoms with Gasteiger partial charge in [-0.3, -0.25) is 0 Å². The van der Waals surface area contributed by atoms with Gasteiger partial charge in [-0.15, -0.1) is 5.10 Å². The van der Waals surface area contributed by atoms with Crippen LogP contribution >= 0.6 is 0 Å². The van der Waals surface area contributed by atoms with Crippen molar-refractivity contribution in [2.45, 2.75) is 33.2 Å². The van der Waals surface area contributed by atoms with Crippen LogP contribution in [-0.2, 0) is 0 Å². The Hall–Kier alpha value is -2.42. The van der Waals surface area contributed by atoms with Crippen molar-refractivity contribution in [3.8, 4) is 6.07 Å². The van der Waals surface area contributed by atoms with E-state index in [-0.39, 0.29) is 6.04 Å². The van der Waals surface area contributed by atoms with Crippen LogP contribution in [-0.4, -0.2) is 20.2 Å². The molecule has 0 aliphatic rings. The van der Waals surface area contributed by atoms with Crippen LogP contribution in [0.2, 0.25) is 0 Å². The maximum Gasteiger partial charge on any atom is 0.167 e. The Kier molecular flexibility index (Phi) is 3.76. The summed E-state index contributed by atoms with van der Waals surface area (Å²) in [5.41, 5.74) is 2.17. The van der Waals surface area contributed by atoms with Gasteiger partial charge in [-0.1, -0.05) is 6.92 Å². The third-order valence-corrected chi connectivity index (χ3v) is 3.13. The molecule has 0 aliphatic heterocycles. The number of rotatable bonds is 4. The average molecular weight is 256 g/mol. The quantitative estimate of drug-likeness (QED) is 0.875. The van der Waals surface area contributed by atoms with E-state index in [1.54, 1.807) is 12.4 Å². The van der Waals surface area contributed by atoms with E-state index in [2.05, 4.69) is 31.6 Å². The number of aromatic amines is 1. The van der Waals surface area contributed by atoms with Crippen molar-refractivity contribution in [1.82, 2.24) is 20.2 Å². The molecule has 0 saturated heterocycles. The molecule has 0 fully saturated rings. The molecule has 2 aromatic rings. The van der Waals surface area contributed by atoms with Crippen LogP contribution in [0.25, 0.3) is 0 Å². The molecule has 0 amide bonds. The molecule has 1 unspecified atom stereocenters. The number of nitriles is 1. The average Bonchev–Trinajstić information content (AvgIpc) is 2.94. The molecular formula is C13H16N6. The van der Waals surface area contributed by atoms with E-state index >= 15 is 0 Å². The summed E-state index contributed by atoms with van der Waals surface area (Å²) in [6, 6.07) is 2.17. The summed E-state index contributed by atoms with van der Waals surface area (Å²) in [4.78, 5) is 7.30. The lowest BCUT2D eigenvalue weighted by Gasteiger charge is -2.16. The zero-order valence-corrected chi connectivity index (χ0v) is 11.2. The molecule has 2 aromatic heterocycles. The zero-order chi connectivity index (χ0) is 13.8. The van der Waals surface area contributed by atoms with Crippen LogP contribution in [0.1, 0.15) is 42.0 Å². The standard InChI is InChI=1S/C13H16N6/c1-4-11(13-15-5-6-16-13)17-12-10(7-14)8(2)9(3)18-19-12/h5-6,11H,4H2,1-3H3,(H,15,16)(H,17,19). The Morgan fingerprint density at radius 2 is 2.21 bits per heavy atom. The van der Waals surface area contributed by atoms with Crippen molar-refractivity contribution < 1.29 is 0 Å². The van der Waals surface area contributed by atoms with Crippen LogP contribution in [0.15, 0.2) is 12.4 Å². The molecule has 1 atom stereocenters. The van der Waals surface area contributed by atoms with Crippen LogP contribution < -0.4 is 5.32 Å². The Balaban J connectivity index is 2.33. The monoisotopic (exact) mass is 256 g/mol. The fraction of sp³-hybridized carbons (Fsp3) is 0.385. The van der Waals surface area contributed by atoms with Crippen molar-refractivity contribution in [1.29, 1.82) is 5.26 Å². The van der Waals surface area contributed by atoms with Crippen molar-refractivity contribution in [2.75, 3.05) is 5.32 Å². The number of nitrogens with one attached hydrogen (secondary N) is 2. The zero-order valence-electron chi connectivity index (χ0n) is 11.2. The molecule has 0 saturated carbocycles. The van der Waals surface area contributed by atoms with Crippen LogP contribution in [0.3, 0.4) is 0 Å². The van der Waals surface area contributed by atoms with Crippen molar-refractivity contribution in [3.05, 3.63) is 35.0 Å². The molecule has 0 bridgehead atoms. The van der Waals surface area contributed by atoms with Gasteiger partial charge < -0.3 is 10.3 Å². The molecular weight excluding hydrogens is 240 g/mol. The third-order valence-electron chi connectivity index (χ3n) is 3.13. The fourth-order valence-corrected chi connectivity index (χ4v) is 1.84. The minimum Gasteiger partial charge on any atom is -0.358 e. The van der Waals surface area contributed by atoms with E-state index in [0.717, 1.165) is 23.5 Å². The smallest absolute Gasteiger partial charge is 0.167 e. The molecule has 2 N–H and O–H groups in total. The molecule has 2 rings (SSSR count). The summed E-state index contributed by atoms with van der Waals surface area (Å²) >= 11 is 0. The minimum absolute atomic E-state index is 0.0153. The molecule has 0 radical (unpaired) electrons. The Bertz CT molecular complexity index is 596. The van der Waals surface area contributed by atoms with Gasteiger partial charge in [0.1, 0.15) is 17.5 Å². The molecule has 0 aliphatic carbocycles. The van der Waals surface area contributed by atoms with E-state index in [1.165, 1.54) is 0 Å². The number of imidazole rings is 1. The normalized spacial score (nSPS) is 11.9.